The topological polar surface area (TPSA) is 151 Å². The van der Waals surface area contributed by atoms with E-state index in [9.17, 15) is 31.6 Å². The molecule has 3 aliphatic rings. The van der Waals surface area contributed by atoms with E-state index < -0.39 is 0 Å². The van der Waals surface area contributed by atoms with Gasteiger partial charge in [-0.05, 0) is 495 Å². The maximum atomic E-state index is 9.89. The van der Waals surface area contributed by atoms with Crippen molar-refractivity contribution in [3.8, 4) is 170 Å². The quantitative estimate of drug-likeness (QED) is 0.119. The number of aryl methyl sites for hydroxylation is 6. The number of rotatable bonds is 6. The van der Waals surface area contributed by atoms with Crippen LogP contribution in [0.4, 0.5) is 11.4 Å². The van der Waals surface area contributed by atoms with Crippen molar-refractivity contribution in [3.63, 3.8) is 0 Å². The van der Waals surface area contributed by atoms with Gasteiger partial charge in [0.15, 0.2) is 11.4 Å². The molecule has 8 heteroatoms. The fraction of sp³-hybridized carbons (Fsp3) is 0.0448. The van der Waals surface area contributed by atoms with Crippen molar-refractivity contribution in [2.24, 2.45) is 0 Å². The first-order chi connectivity index (χ1) is 69.5. The van der Waals surface area contributed by atoms with Crippen molar-refractivity contribution in [3.05, 3.63) is 441 Å². The molecule has 0 aromatic heterocycles. The Kier molecular flexibility index (Phi) is 19.3. The molecule has 8 nitrogen and oxygen atoms in total. The van der Waals surface area contributed by atoms with E-state index in [1.807, 2.05) is 84.9 Å². The summed E-state index contributed by atoms with van der Waals surface area (Å²) in [6, 6.07) is 138. The lowest BCUT2D eigenvalue weighted by atomic mass is 9.83. The Hall–Kier alpha value is -19.7. The van der Waals surface area contributed by atoms with Gasteiger partial charge in [-0.25, -0.2) is 9.69 Å². The predicted molar refractivity (Wildman–Crippen MR) is 585 cm³/mol. The largest absolute Gasteiger partial charge is 0.238 e. The molecule has 0 spiro atoms. The molecular formula is C134H76N8. The fourth-order valence-electron chi connectivity index (χ4n) is 23.9. The van der Waals surface area contributed by atoms with Crippen LogP contribution in [0.25, 0.3) is 272 Å². The lowest BCUT2D eigenvalue weighted by molar-refractivity contribution is 1.35. The number of hydrogen-bond acceptors (Lipinski definition) is 6. The van der Waals surface area contributed by atoms with Gasteiger partial charge in [0, 0.05) is 11.1 Å². The average molecular weight is 1800 g/mol. The van der Waals surface area contributed by atoms with E-state index in [1.54, 1.807) is 12.1 Å². The molecule has 0 heterocycles. The Balaban J connectivity index is 0.000000112. The highest BCUT2D eigenvalue weighted by atomic mass is 14.6. The van der Waals surface area contributed by atoms with Crippen molar-refractivity contribution < 1.29 is 0 Å². The third kappa shape index (κ3) is 13.0. The van der Waals surface area contributed by atoms with E-state index >= 15 is 0 Å². The summed E-state index contributed by atoms with van der Waals surface area (Å²) in [5.41, 5.74) is 38.8. The molecule has 652 valence electrons. The lowest BCUT2D eigenvalue weighted by Gasteiger charge is -2.20. The summed E-state index contributed by atoms with van der Waals surface area (Å²) in [7, 11) is 0. The van der Waals surface area contributed by atoms with Gasteiger partial charge in [0.05, 0.1) is 71.8 Å². The van der Waals surface area contributed by atoms with Crippen molar-refractivity contribution in [2.45, 2.75) is 41.5 Å². The number of nitriles is 6. The summed E-state index contributed by atoms with van der Waals surface area (Å²) in [5.74, 6) is 0. The molecule has 24 aromatic rings. The fourth-order valence-corrected chi connectivity index (χ4v) is 23.9. The van der Waals surface area contributed by atoms with Gasteiger partial charge in [0.25, 0.3) is 0 Å². The van der Waals surface area contributed by atoms with Crippen LogP contribution in [0.3, 0.4) is 0 Å². The van der Waals surface area contributed by atoms with Gasteiger partial charge in [-0.2, -0.15) is 31.6 Å². The van der Waals surface area contributed by atoms with Crippen LogP contribution in [0.2, 0.25) is 0 Å². The molecule has 142 heavy (non-hydrogen) atoms. The standard InChI is InChI=1S/C46H30N2.C44H20N4.C44H26N2/c1-25-15-29(23-47)16-26(2)44(25)42-22-40-36(32-11-5-6-12-33(32)42)21-43(45-27(3)17-30(24-48)18-28(45)4)41-20-38-35-14-8-10-31-9-7-13-34(46(31)35)37(38)19-39(40)41;1-47-30-15-25(23-45)13-28(17-30)36-19-42-38(33-10-4-3-9-32(33)36)20-37(29-14-26(24-46)16-31(18-29)48-2)41-21-39-34-11-5-7-27-8-6-12-35(44(27)34)40(39)22-43(41)42;1-25-17-27(23-45)13-15-30(25)36-19-42-38(33-10-4-3-9-32(33)36)20-37(31-16-14-28(24-46)18-26(31)2)41-21-39-34-11-5-7-29-8-6-12-35(44(29)34)40(39)22-43(41)42/h5-22H,1-4H3;3-22H;3-22H,1-2H3. The van der Waals surface area contributed by atoms with E-state index in [0.717, 1.165) is 110 Å². The van der Waals surface area contributed by atoms with Crippen LogP contribution in [0.5, 0.6) is 0 Å². The van der Waals surface area contributed by atoms with Crippen LogP contribution in [0.15, 0.2) is 352 Å². The van der Waals surface area contributed by atoms with Crippen LogP contribution in [0.1, 0.15) is 66.8 Å². The Morgan fingerprint density at radius 2 is 0.401 bits per heavy atom. The van der Waals surface area contributed by atoms with Crippen molar-refractivity contribution >= 4 is 141 Å². The predicted octanol–water partition coefficient (Wildman–Crippen LogP) is 36.0. The number of benzene rings is 24. The molecule has 0 saturated carbocycles. The first-order valence-corrected chi connectivity index (χ1v) is 47.4. The summed E-state index contributed by atoms with van der Waals surface area (Å²) in [4.78, 5) is 7.36. The van der Waals surface area contributed by atoms with Gasteiger partial charge >= 0.3 is 0 Å². The number of fused-ring (bicyclic) bond motifs is 24. The second-order valence-corrected chi connectivity index (χ2v) is 37.9. The third-order valence-corrected chi connectivity index (χ3v) is 29.9. The molecule has 0 fully saturated rings. The molecule has 0 atom stereocenters. The lowest BCUT2D eigenvalue weighted by Crippen LogP contribution is -1.96. The molecule has 0 bridgehead atoms. The van der Waals surface area contributed by atoms with E-state index in [0.29, 0.717) is 44.8 Å². The van der Waals surface area contributed by atoms with Crippen molar-refractivity contribution in [1.82, 2.24) is 0 Å². The zero-order valence-electron chi connectivity index (χ0n) is 78.1. The molecule has 0 aliphatic heterocycles. The Labute approximate surface area is 819 Å². The Morgan fingerprint density at radius 3 is 0.725 bits per heavy atom. The van der Waals surface area contributed by atoms with Crippen LogP contribution in [0, 0.1) is 123 Å². The molecular weight excluding hydrogens is 1720 g/mol. The summed E-state index contributed by atoms with van der Waals surface area (Å²) >= 11 is 0. The van der Waals surface area contributed by atoms with Crippen molar-refractivity contribution in [1.29, 1.82) is 31.6 Å². The average Bonchev–Trinajstić information content (AvgIpc) is 1.32. The summed E-state index contributed by atoms with van der Waals surface area (Å²) in [6.07, 6.45) is 0. The third-order valence-electron chi connectivity index (χ3n) is 29.9. The van der Waals surface area contributed by atoms with Crippen LogP contribution in [-0.2, 0) is 0 Å². The van der Waals surface area contributed by atoms with Gasteiger partial charge in [-0.1, -0.05) is 194 Å². The zero-order chi connectivity index (χ0) is 96.5. The van der Waals surface area contributed by atoms with E-state index in [2.05, 4.69) is 342 Å². The summed E-state index contributed by atoms with van der Waals surface area (Å²) in [5, 5.41) is 86.5. The SMILES string of the molecule is Cc1cc(C#N)cc(C)c1-c1cc2c3cc4c(cc3c(-c3c(C)cc(C#N)cc3C)cc2c2ccccc12)-c1cccc2cccc-4c12.Cc1cc(C#N)ccc1-c1cc2c3cc4c(cc3c(-c3ccc(C#N)cc3C)cc2c2ccccc12)-c1cccc2cccc-4c12.[C-]#[N+]c1cc(C#N)cc(-c2cc3c4cc5c(cc4c(-c4cc(C#N)cc([N+]#[C-])c4)cc3c3ccccc23)-c2cccc3cccc-5c23)c1. The summed E-state index contributed by atoms with van der Waals surface area (Å²) in [6.45, 7) is 28.1. The minimum Gasteiger partial charge on any atom is -0.238 e. The van der Waals surface area contributed by atoms with E-state index in [4.69, 9.17) is 13.1 Å². The second kappa shape index (κ2) is 32.5. The minimum absolute atomic E-state index is 0.420. The highest BCUT2D eigenvalue weighted by molar-refractivity contribution is 6.32. The molecule has 0 saturated heterocycles. The number of hydrogen-bond donors (Lipinski definition) is 0. The normalized spacial score (nSPS) is 11.5. The number of nitrogens with zero attached hydrogens (tertiary/aromatic N) is 8. The zero-order valence-corrected chi connectivity index (χ0v) is 78.1. The molecule has 24 aromatic carbocycles. The molecule has 27 rings (SSSR count). The van der Waals surface area contributed by atoms with Gasteiger partial charge in [0.2, 0.25) is 0 Å². The van der Waals surface area contributed by atoms with E-state index in [-0.39, 0.29) is 0 Å². The van der Waals surface area contributed by atoms with Crippen LogP contribution >= 0.6 is 0 Å². The highest BCUT2D eigenvalue weighted by Gasteiger charge is 2.31. The molecule has 3 aliphatic carbocycles. The van der Waals surface area contributed by atoms with Crippen molar-refractivity contribution in [2.75, 3.05) is 0 Å². The smallest absolute Gasteiger partial charge is 0.189 e. The highest BCUT2D eigenvalue weighted by Crippen LogP contribution is 2.58. The maximum absolute atomic E-state index is 9.89. The van der Waals surface area contributed by atoms with E-state index in [1.165, 1.54) is 186 Å². The monoisotopic (exact) mass is 1800 g/mol. The minimum atomic E-state index is 0.420. The van der Waals surface area contributed by atoms with Gasteiger partial charge < -0.3 is 0 Å². The Bertz CT molecular complexity index is 10300. The molecule has 0 unspecified atom stereocenters. The van der Waals surface area contributed by atoms with Gasteiger partial charge in [-0.3, -0.25) is 0 Å². The second-order valence-electron chi connectivity index (χ2n) is 37.9. The van der Waals surface area contributed by atoms with Crippen LogP contribution in [-0.4, -0.2) is 0 Å². The first kappa shape index (κ1) is 84.1. The maximum Gasteiger partial charge on any atom is 0.189 e. The van der Waals surface area contributed by atoms with Crippen LogP contribution < -0.4 is 0 Å². The molecule has 0 amide bonds. The van der Waals surface area contributed by atoms with Gasteiger partial charge in [0.1, 0.15) is 0 Å². The molecule has 0 radical (unpaired) electrons. The first-order valence-electron chi connectivity index (χ1n) is 47.4. The molecule has 0 N–H and O–H groups in total. The Morgan fingerprint density at radius 1 is 0.169 bits per heavy atom. The summed E-state index contributed by atoms with van der Waals surface area (Å²) < 4.78 is 0. The van der Waals surface area contributed by atoms with Gasteiger partial charge in [-0.15, -0.1) is 0 Å².